The average Bonchev–Trinajstić information content (AvgIpc) is 2.46. The molecule has 2 nitrogen and oxygen atoms in total. The van der Waals surface area contributed by atoms with Crippen molar-refractivity contribution in [1.82, 2.24) is 5.32 Å². The van der Waals surface area contributed by atoms with E-state index in [0.29, 0.717) is 12.6 Å². The molecule has 2 heteroatoms. The van der Waals surface area contributed by atoms with Gasteiger partial charge in [0.05, 0.1) is 6.10 Å². The minimum absolute atomic E-state index is 0.344. The Balaban J connectivity index is 1.82. The fourth-order valence-electron chi connectivity index (χ4n) is 2.35. The Hall–Kier alpha value is -1.64. The van der Waals surface area contributed by atoms with Gasteiger partial charge in [0.15, 0.2) is 0 Å². The molecule has 0 aliphatic heterocycles. The van der Waals surface area contributed by atoms with Crippen LogP contribution in [0.4, 0.5) is 0 Å². The van der Waals surface area contributed by atoms with Crippen LogP contribution in [0.3, 0.4) is 0 Å². The van der Waals surface area contributed by atoms with Gasteiger partial charge in [-0.15, -0.1) is 0 Å². The fraction of sp³-hybridized carbons (Fsp3) is 0.333. The Morgan fingerprint density at radius 1 is 1.05 bits per heavy atom. The molecule has 0 fully saturated rings. The van der Waals surface area contributed by atoms with Crippen molar-refractivity contribution in [2.75, 3.05) is 6.54 Å². The third kappa shape index (κ3) is 4.48. The van der Waals surface area contributed by atoms with Gasteiger partial charge in [0.1, 0.15) is 0 Å². The fourth-order valence-corrected chi connectivity index (χ4v) is 2.35. The lowest BCUT2D eigenvalue weighted by Gasteiger charge is -2.18. The number of hydrogen-bond acceptors (Lipinski definition) is 2. The van der Waals surface area contributed by atoms with E-state index in [1.165, 1.54) is 11.1 Å². The Bertz CT molecular complexity index is 524. The van der Waals surface area contributed by atoms with Crippen LogP contribution < -0.4 is 5.32 Å². The summed E-state index contributed by atoms with van der Waals surface area (Å²) >= 11 is 0. The first-order valence-corrected chi connectivity index (χ1v) is 7.17. The van der Waals surface area contributed by atoms with E-state index in [2.05, 4.69) is 36.5 Å². The van der Waals surface area contributed by atoms with E-state index < -0.39 is 6.10 Å². The number of aliphatic hydroxyl groups is 1. The molecule has 0 aromatic heterocycles. The standard InChI is InChI=1S/C18H23NO/c1-14-7-6-10-17(11-14)18(20)13-19-15(2)12-16-8-4-3-5-9-16/h3-11,15,18-20H,12-13H2,1-2H3/t15-,18+/m1/s1. The van der Waals surface area contributed by atoms with Crippen LogP contribution in [0.15, 0.2) is 54.6 Å². The van der Waals surface area contributed by atoms with E-state index >= 15 is 0 Å². The quantitative estimate of drug-likeness (QED) is 0.843. The van der Waals surface area contributed by atoms with Crippen LogP contribution >= 0.6 is 0 Å². The number of nitrogens with one attached hydrogen (secondary N) is 1. The van der Waals surface area contributed by atoms with Crippen molar-refractivity contribution < 1.29 is 5.11 Å². The summed E-state index contributed by atoms with van der Waals surface area (Å²) in [7, 11) is 0. The zero-order valence-corrected chi connectivity index (χ0v) is 12.2. The average molecular weight is 269 g/mol. The minimum Gasteiger partial charge on any atom is -0.387 e. The highest BCUT2D eigenvalue weighted by molar-refractivity contribution is 5.24. The Morgan fingerprint density at radius 2 is 1.80 bits per heavy atom. The summed E-state index contributed by atoms with van der Waals surface area (Å²) in [5.74, 6) is 0. The molecular weight excluding hydrogens is 246 g/mol. The molecule has 0 spiro atoms. The van der Waals surface area contributed by atoms with Crippen molar-refractivity contribution in [3.63, 3.8) is 0 Å². The highest BCUT2D eigenvalue weighted by Crippen LogP contribution is 2.13. The third-order valence-corrected chi connectivity index (χ3v) is 3.47. The molecule has 0 radical (unpaired) electrons. The van der Waals surface area contributed by atoms with Crippen molar-refractivity contribution in [2.45, 2.75) is 32.4 Å². The summed E-state index contributed by atoms with van der Waals surface area (Å²) in [5.41, 5.74) is 3.47. The molecule has 0 aliphatic carbocycles. The van der Waals surface area contributed by atoms with Gasteiger partial charge in [-0.3, -0.25) is 0 Å². The number of hydrogen-bond donors (Lipinski definition) is 2. The maximum atomic E-state index is 10.2. The van der Waals surface area contributed by atoms with E-state index in [1.54, 1.807) is 0 Å². The van der Waals surface area contributed by atoms with E-state index in [1.807, 2.05) is 37.3 Å². The maximum absolute atomic E-state index is 10.2. The summed E-state index contributed by atoms with van der Waals surface area (Å²) in [6, 6.07) is 18.8. The second-order valence-corrected chi connectivity index (χ2v) is 5.43. The van der Waals surface area contributed by atoms with Crippen molar-refractivity contribution >= 4 is 0 Å². The van der Waals surface area contributed by atoms with E-state index in [0.717, 1.165) is 12.0 Å². The van der Waals surface area contributed by atoms with E-state index in [4.69, 9.17) is 0 Å². The predicted molar refractivity (Wildman–Crippen MR) is 83.7 cm³/mol. The van der Waals surface area contributed by atoms with E-state index in [9.17, 15) is 5.11 Å². The normalized spacial score (nSPS) is 13.9. The second-order valence-electron chi connectivity index (χ2n) is 5.43. The van der Waals surface area contributed by atoms with Crippen LogP contribution in [0.25, 0.3) is 0 Å². The number of rotatable bonds is 6. The first-order chi connectivity index (χ1) is 9.65. The highest BCUT2D eigenvalue weighted by Gasteiger charge is 2.09. The van der Waals surface area contributed by atoms with Gasteiger partial charge in [-0.05, 0) is 31.4 Å². The third-order valence-electron chi connectivity index (χ3n) is 3.47. The van der Waals surface area contributed by atoms with Crippen molar-refractivity contribution in [1.29, 1.82) is 0 Å². The van der Waals surface area contributed by atoms with Gasteiger partial charge < -0.3 is 10.4 Å². The van der Waals surface area contributed by atoms with Crippen LogP contribution in [-0.2, 0) is 6.42 Å². The molecule has 0 aliphatic rings. The molecule has 2 N–H and O–H groups in total. The first-order valence-electron chi connectivity index (χ1n) is 7.17. The van der Waals surface area contributed by atoms with Gasteiger partial charge in [0.25, 0.3) is 0 Å². The zero-order chi connectivity index (χ0) is 14.4. The smallest absolute Gasteiger partial charge is 0.0914 e. The van der Waals surface area contributed by atoms with Crippen molar-refractivity contribution in [3.05, 3.63) is 71.3 Å². The molecule has 0 amide bonds. The molecule has 0 unspecified atom stereocenters. The monoisotopic (exact) mass is 269 g/mol. The second kappa shape index (κ2) is 7.22. The van der Waals surface area contributed by atoms with Crippen LogP contribution in [0.2, 0.25) is 0 Å². The number of aryl methyl sites for hydroxylation is 1. The van der Waals surface area contributed by atoms with Gasteiger partial charge in [-0.2, -0.15) is 0 Å². The summed E-state index contributed by atoms with van der Waals surface area (Å²) in [6.07, 6.45) is 0.523. The Labute approximate surface area is 121 Å². The van der Waals surface area contributed by atoms with Gasteiger partial charge >= 0.3 is 0 Å². The lowest BCUT2D eigenvalue weighted by atomic mass is 10.0. The summed E-state index contributed by atoms with van der Waals surface area (Å²) in [4.78, 5) is 0. The molecule has 106 valence electrons. The largest absolute Gasteiger partial charge is 0.387 e. The van der Waals surface area contributed by atoms with Gasteiger partial charge in [-0.1, -0.05) is 60.2 Å². The molecule has 2 atom stereocenters. The van der Waals surface area contributed by atoms with Gasteiger partial charge in [0, 0.05) is 12.6 Å². The van der Waals surface area contributed by atoms with Crippen LogP contribution in [-0.4, -0.2) is 17.7 Å². The van der Waals surface area contributed by atoms with Crippen molar-refractivity contribution in [3.8, 4) is 0 Å². The molecule has 0 bridgehead atoms. The summed E-state index contributed by atoms with van der Waals surface area (Å²) < 4.78 is 0. The molecule has 2 aromatic rings. The minimum atomic E-state index is -0.451. The van der Waals surface area contributed by atoms with Gasteiger partial charge in [0.2, 0.25) is 0 Å². The number of aliphatic hydroxyl groups excluding tert-OH is 1. The molecular formula is C18H23NO. The topological polar surface area (TPSA) is 32.3 Å². The lowest BCUT2D eigenvalue weighted by molar-refractivity contribution is 0.170. The summed E-state index contributed by atoms with van der Waals surface area (Å²) in [5, 5.41) is 13.6. The predicted octanol–water partition coefficient (Wildman–Crippen LogP) is 3.25. The number of benzene rings is 2. The molecule has 2 rings (SSSR count). The van der Waals surface area contributed by atoms with Crippen LogP contribution in [0.1, 0.15) is 29.7 Å². The van der Waals surface area contributed by atoms with Gasteiger partial charge in [-0.25, -0.2) is 0 Å². The Kier molecular flexibility index (Phi) is 5.33. The summed E-state index contributed by atoms with van der Waals surface area (Å²) in [6.45, 7) is 4.77. The highest BCUT2D eigenvalue weighted by atomic mass is 16.3. The first kappa shape index (κ1) is 14.8. The Morgan fingerprint density at radius 3 is 2.50 bits per heavy atom. The molecule has 20 heavy (non-hydrogen) atoms. The van der Waals surface area contributed by atoms with Crippen molar-refractivity contribution in [2.24, 2.45) is 0 Å². The van der Waals surface area contributed by atoms with Crippen LogP contribution in [0, 0.1) is 6.92 Å². The zero-order valence-electron chi connectivity index (χ0n) is 12.2. The SMILES string of the molecule is Cc1cccc([C@@H](O)CN[C@H](C)Cc2ccccc2)c1. The maximum Gasteiger partial charge on any atom is 0.0914 e. The molecule has 2 aromatic carbocycles. The molecule has 0 saturated heterocycles. The van der Waals surface area contributed by atoms with Crippen LogP contribution in [0.5, 0.6) is 0 Å². The molecule has 0 saturated carbocycles. The van der Waals surface area contributed by atoms with E-state index in [-0.39, 0.29) is 0 Å². The molecule has 0 heterocycles. The lowest BCUT2D eigenvalue weighted by Crippen LogP contribution is -2.32.